The minimum atomic E-state index is -0.0162. The van der Waals surface area contributed by atoms with E-state index in [4.69, 9.17) is 15.3 Å². The fourth-order valence-corrected chi connectivity index (χ4v) is 2.42. The van der Waals surface area contributed by atoms with Gasteiger partial charge in [0.2, 0.25) is 0 Å². The van der Waals surface area contributed by atoms with Gasteiger partial charge in [0.25, 0.3) is 0 Å². The number of aliphatic hydroxyl groups is 3. The number of aliphatic hydroxyl groups excluding tert-OH is 3. The van der Waals surface area contributed by atoms with Crippen LogP contribution in [0.1, 0.15) is 102 Å². The number of ketones is 3. The third kappa shape index (κ3) is 40.5. The van der Waals surface area contributed by atoms with Crippen LogP contribution in [0.2, 0.25) is 0 Å². The zero-order valence-electron chi connectivity index (χ0n) is 23.3. The van der Waals surface area contributed by atoms with Gasteiger partial charge in [0.05, 0.1) is 17.3 Å². The molecule has 200 valence electrons. The van der Waals surface area contributed by atoms with Crippen LogP contribution in [-0.2, 0) is 31.5 Å². The Morgan fingerprint density at radius 1 is 0.500 bits per heavy atom. The molecule has 0 aliphatic heterocycles. The predicted octanol–water partition coefficient (Wildman–Crippen LogP) is 7.36. The molecule has 6 nitrogen and oxygen atoms in total. The van der Waals surface area contributed by atoms with Gasteiger partial charge in [0.1, 0.15) is 0 Å². The molecule has 0 unspecified atom stereocenters. The normalized spacial score (nSPS) is 12.9. The number of rotatable bonds is 6. The Labute approximate surface area is 218 Å². The largest absolute Gasteiger partial charge is 0.512 e. The van der Waals surface area contributed by atoms with Crippen molar-refractivity contribution in [3.05, 3.63) is 35.5 Å². The number of carbonyl (C=O) groups excluding carboxylic acids is 3. The monoisotopic (exact) mass is 524 g/mol. The SMILES string of the molecule is C/C(O)=C/C(=O)CC(C)(C)C.C/C(O)=C/C(=O)CC(C)(C)C.C/C(O)=C/C(=O)CC(C)(C)C.[Fe]. The molecule has 0 aromatic heterocycles. The molecule has 34 heavy (non-hydrogen) atoms. The van der Waals surface area contributed by atoms with Gasteiger partial charge in [-0.15, -0.1) is 0 Å². The molecule has 0 fully saturated rings. The molecule has 0 atom stereocenters. The van der Waals surface area contributed by atoms with E-state index in [1.807, 2.05) is 62.3 Å². The van der Waals surface area contributed by atoms with Crippen LogP contribution in [0.4, 0.5) is 0 Å². The van der Waals surface area contributed by atoms with Crippen molar-refractivity contribution in [1.29, 1.82) is 0 Å². The van der Waals surface area contributed by atoms with Crippen molar-refractivity contribution >= 4 is 17.3 Å². The van der Waals surface area contributed by atoms with Crippen molar-refractivity contribution in [3.63, 3.8) is 0 Å². The first-order valence-electron chi connectivity index (χ1n) is 11.1. The second-order valence-electron chi connectivity index (χ2n) is 12.0. The molecular formula is C27H48FeO6. The van der Waals surface area contributed by atoms with E-state index in [1.54, 1.807) is 0 Å². The van der Waals surface area contributed by atoms with Crippen LogP contribution < -0.4 is 0 Å². The fraction of sp³-hybridized carbons (Fsp3) is 0.667. The Bertz CT molecular complexity index is 612. The Kier molecular flexibility index (Phi) is 20.3. The van der Waals surface area contributed by atoms with Gasteiger partial charge in [-0.1, -0.05) is 62.3 Å². The van der Waals surface area contributed by atoms with E-state index < -0.39 is 0 Å². The van der Waals surface area contributed by atoms with Crippen molar-refractivity contribution in [1.82, 2.24) is 0 Å². The summed E-state index contributed by atoms with van der Waals surface area (Å²) in [4.78, 5) is 33.1. The molecule has 0 amide bonds. The molecule has 0 bridgehead atoms. The summed E-state index contributed by atoms with van der Waals surface area (Å²) >= 11 is 0. The first-order chi connectivity index (χ1) is 14.4. The summed E-state index contributed by atoms with van der Waals surface area (Å²) in [5.41, 5.74) is 0.00903. The molecule has 0 heterocycles. The summed E-state index contributed by atoms with van der Waals surface area (Å²) in [5, 5.41) is 26.3. The first-order valence-corrected chi connectivity index (χ1v) is 11.1. The van der Waals surface area contributed by atoms with E-state index in [0.29, 0.717) is 19.3 Å². The average Bonchev–Trinajstić information content (AvgIpc) is 2.38. The maximum absolute atomic E-state index is 11.0. The quantitative estimate of drug-likeness (QED) is 0.190. The van der Waals surface area contributed by atoms with Crippen LogP contribution >= 0.6 is 0 Å². The van der Waals surface area contributed by atoms with Crippen LogP contribution in [0.25, 0.3) is 0 Å². The van der Waals surface area contributed by atoms with Crippen LogP contribution in [0, 0.1) is 16.2 Å². The second kappa shape index (κ2) is 17.6. The molecule has 0 saturated heterocycles. The van der Waals surface area contributed by atoms with Crippen molar-refractivity contribution in [3.8, 4) is 0 Å². The topological polar surface area (TPSA) is 112 Å². The minimum absolute atomic E-state index is 0. The van der Waals surface area contributed by atoms with Gasteiger partial charge in [0, 0.05) is 54.6 Å². The third-order valence-corrected chi connectivity index (χ3v) is 3.22. The predicted molar refractivity (Wildman–Crippen MR) is 136 cm³/mol. The Balaban J connectivity index is -0.000000196. The van der Waals surface area contributed by atoms with Crippen LogP contribution in [0.15, 0.2) is 35.5 Å². The van der Waals surface area contributed by atoms with Crippen LogP contribution in [0.5, 0.6) is 0 Å². The molecule has 0 rings (SSSR count). The Morgan fingerprint density at radius 3 is 0.735 bits per heavy atom. The van der Waals surface area contributed by atoms with Crippen LogP contribution in [0.3, 0.4) is 0 Å². The summed E-state index contributed by atoms with van der Waals surface area (Å²) < 4.78 is 0. The zero-order valence-corrected chi connectivity index (χ0v) is 24.4. The molecule has 0 aromatic rings. The smallest absolute Gasteiger partial charge is 0.159 e. The first kappa shape index (κ1) is 39.4. The summed E-state index contributed by atoms with van der Waals surface area (Å²) in [6.45, 7) is 22.4. The van der Waals surface area contributed by atoms with Gasteiger partial charge in [-0.2, -0.15) is 0 Å². The molecule has 0 spiro atoms. The maximum Gasteiger partial charge on any atom is 0.159 e. The Morgan fingerprint density at radius 2 is 0.647 bits per heavy atom. The molecule has 0 saturated carbocycles. The van der Waals surface area contributed by atoms with E-state index >= 15 is 0 Å². The van der Waals surface area contributed by atoms with Gasteiger partial charge < -0.3 is 15.3 Å². The van der Waals surface area contributed by atoms with Gasteiger partial charge in [-0.3, -0.25) is 14.4 Å². The number of allylic oxidation sites excluding steroid dienone is 6. The van der Waals surface area contributed by atoms with Crippen molar-refractivity contribution in [2.45, 2.75) is 102 Å². The fourth-order valence-electron chi connectivity index (χ4n) is 2.42. The Hall–Kier alpha value is -1.85. The van der Waals surface area contributed by atoms with E-state index in [1.165, 1.54) is 39.0 Å². The summed E-state index contributed by atoms with van der Waals surface area (Å²) in [6.07, 6.45) is 5.24. The van der Waals surface area contributed by atoms with E-state index in [9.17, 15) is 14.4 Å². The minimum Gasteiger partial charge on any atom is -0.512 e. The molecule has 0 aliphatic rings. The number of carbonyl (C=O) groups is 3. The molecule has 0 aromatic carbocycles. The summed E-state index contributed by atoms with van der Waals surface area (Å²) in [6, 6.07) is 0. The van der Waals surface area contributed by atoms with E-state index in [2.05, 4.69) is 0 Å². The van der Waals surface area contributed by atoms with Gasteiger partial charge >= 0.3 is 0 Å². The van der Waals surface area contributed by atoms with Gasteiger partial charge in [-0.05, 0) is 37.0 Å². The summed E-state index contributed by atoms with van der Waals surface area (Å²) in [7, 11) is 0. The van der Waals surface area contributed by atoms with Gasteiger partial charge in [0.15, 0.2) is 17.3 Å². The second-order valence-corrected chi connectivity index (χ2v) is 12.0. The van der Waals surface area contributed by atoms with Gasteiger partial charge in [-0.25, -0.2) is 0 Å². The zero-order chi connectivity index (χ0) is 27.2. The average molecular weight is 525 g/mol. The standard InChI is InChI=1S/3C9H16O2.Fe/c3*1-7(10)5-8(11)6-9(2,3)4;/h3*5,10H,6H2,1-4H3;/b3*7-5-;. The van der Waals surface area contributed by atoms with E-state index in [0.717, 1.165) is 0 Å². The van der Waals surface area contributed by atoms with Crippen LogP contribution in [-0.4, -0.2) is 32.7 Å². The maximum atomic E-state index is 11.0. The molecule has 0 aliphatic carbocycles. The molecular weight excluding hydrogens is 476 g/mol. The van der Waals surface area contributed by atoms with Crippen molar-refractivity contribution < 1.29 is 46.8 Å². The summed E-state index contributed by atoms with van der Waals surface area (Å²) in [5.74, 6) is 0.199. The molecule has 0 radical (unpaired) electrons. The molecule has 3 N–H and O–H groups in total. The third-order valence-electron chi connectivity index (χ3n) is 3.22. The number of hydrogen-bond acceptors (Lipinski definition) is 6. The van der Waals surface area contributed by atoms with Crippen molar-refractivity contribution in [2.75, 3.05) is 0 Å². The molecule has 7 heteroatoms. The van der Waals surface area contributed by atoms with Crippen molar-refractivity contribution in [2.24, 2.45) is 16.2 Å². The number of hydrogen-bond donors (Lipinski definition) is 3. The van der Waals surface area contributed by atoms with E-state index in [-0.39, 0.29) is 67.9 Å².